The Bertz CT molecular complexity index is 1340. The zero-order chi connectivity index (χ0) is 25.1. The van der Waals surface area contributed by atoms with Crippen molar-refractivity contribution in [1.82, 2.24) is 4.98 Å². The Hall–Kier alpha value is -4.24. The lowest BCUT2D eigenvalue weighted by Crippen LogP contribution is -2.29. The minimum atomic E-state index is -1.00. The summed E-state index contributed by atoms with van der Waals surface area (Å²) in [5.41, 5.74) is 1.19. The molecular formula is C26H22N2O6S. The largest absolute Gasteiger partial charge is 0.507 e. The summed E-state index contributed by atoms with van der Waals surface area (Å²) in [6.45, 7) is 5.52. The molecular weight excluding hydrogens is 468 g/mol. The lowest BCUT2D eigenvalue weighted by molar-refractivity contribution is -0.132. The molecule has 1 saturated heterocycles. The molecule has 1 aliphatic heterocycles. The van der Waals surface area contributed by atoms with Gasteiger partial charge in [-0.15, -0.1) is 0 Å². The van der Waals surface area contributed by atoms with Gasteiger partial charge in [0.1, 0.15) is 23.0 Å². The molecule has 1 aromatic heterocycles. The second-order valence-electron chi connectivity index (χ2n) is 7.61. The van der Waals surface area contributed by atoms with Crippen LogP contribution in [0.25, 0.3) is 5.76 Å². The van der Waals surface area contributed by atoms with Gasteiger partial charge in [-0.3, -0.25) is 14.5 Å². The highest BCUT2D eigenvalue weighted by atomic mass is 32.1. The Morgan fingerprint density at radius 3 is 2.63 bits per heavy atom. The van der Waals surface area contributed by atoms with Crippen molar-refractivity contribution in [2.75, 3.05) is 18.6 Å². The number of nitrogens with zero attached hydrogens (tertiary/aromatic N) is 2. The van der Waals surface area contributed by atoms with E-state index >= 15 is 0 Å². The van der Waals surface area contributed by atoms with Gasteiger partial charge in [0.2, 0.25) is 0 Å². The number of ether oxygens (including phenoxy) is 2. The molecule has 0 radical (unpaired) electrons. The third-order valence-corrected chi connectivity index (χ3v) is 6.53. The molecule has 35 heavy (non-hydrogen) atoms. The van der Waals surface area contributed by atoms with Gasteiger partial charge in [-0.2, -0.15) is 0 Å². The van der Waals surface area contributed by atoms with E-state index in [9.17, 15) is 19.5 Å². The molecule has 0 bridgehead atoms. The first-order valence-corrected chi connectivity index (χ1v) is 11.4. The molecule has 0 aliphatic carbocycles. The molecule has 1 fully saturated rings. The zero-order valence-corrected chi connectivity index (χ0v) is 19.9. The monoisotopic (exact) mass is 490 g/mol. The number of benzene rings is 2. The Labute approximate surface area is 205 Å². The highest BCUT2D eigenvalue weighted by molar-refractivity contribution is 7.17. The number of esters is 1. The predicted molar refractivity (Wildman–Crippen MR) is 132 cm³/mol. The number of thiazole rings is 1. The number of hydrogen-bond acceptors (Lipinski definition) is 8. The molecule has 1 amide bonds. The van der Waals surface area contributed by atoms with Crippen molar-refractivity contribution in [2.24, 2.45) is 0 Å². The Morgan fingerprint density at radius 2 is 1.94 bits per heavy atom. The molecule has 2 aromatic carbocycles. The van der Waals surface area contributed by atoms with Crippen LogP contribution in [0.2, 0.25) is 0 Å². The summed E-state index contributed by atoms with van der Waals surface area (Å²) in [4.78, 5) is 44.5. The number of amides is 1. The van der Waals surface area contributed by atoms with E-state index in [1.165, 1.54) is 12.0 Å². The van der Waals surface area contributed by atoms with Crippen LogP contribution in [0.4, 0.5) is 5.13 Å². The van der Waals surface area contributed by atoms with Crippen LogP contribution in [0.3, 0.4) is 0 Å². The predicted octanol–water partition coefficient (Wildman–Crippen LogP) is 4.43. The van der Waals surface area contributed by atoms with Crippen LogP contribution < -0.4 is 9.64 Å². The zero-order valence-electron chi connectivity index (χ0n) is 19.1. The fourth-order valence-electron chi connectivity index (χ4n) is 3.79. The molecule has 0 saturated carbocycles. The summed E-state index contributed by atoms with van der Waals surface area (Å²) in [6, 6.07) is 14.4. The highest BCUT2D eigenvalue weighted by Gasteiger charge is 2.48. The molecule has 3 aromatic rings. The van der Waals surface area contributed by atoms with E-state index in [4.69, 9.17) is 9.47 Å². The lowest BCUT2D eigenvalue weighted by Gasteiger charge is -2.23. The van der Waals surface area contributed by atoms with Gasteiger partial charge in [0.25, 0.3) is 5.78 Å². The third-order valence-electron chi connectivity index (χ3n) is 5.40. The maximum atomic E-state index is 13.3. The number of anilines is 1. The number of aliphatic hydroxyl groups is 1. The van der Waals surface area contributed by atoms with E-state index < -0.39 is 23.7 Å². The molecule has 9 heteroatoms. The molecule has 2 heterocycles. The topological polar surface area (TPSA) is 106 Å². The van der Waals surface area contributed by atoms with Gasteiger partial charge in [0.05, 0.1) is 24.4 Å². The van der Waals surface area contributed by atoms with E-state index in [-0.39, 0.29) is 27.9 Å². The van der Waals surface area contributed by atoms with Crippen LogP contribution >= 0.6 is 11.3 Å². The third kappa shape index (κ3) is 4.45. The van der Waals surface area contributed by atoms with Crippen molar-refractivity contribution >= 4 is 39.9 Å². The number of aromatic nitrogens is 1. The van der Waals surface area contributed by atoms with Crippen molar-refractivity contribution in [3.05, 3.63) is 94.5 Å². The first kappa shape index (κ1) is 23.9. The maximum absolute atomic E-state index is 13.3. The summed E-state index contributed by atoms with van der Waals surface area (Å²) < 4.78 is 10.5. The van der Waals surface area contributed by atoms with Crippen molar-refractivity contribution in [1.29, 1.82) is 0 Å². The van der Waals surface area contributed by atoms with E-state index in [1.54, 1.807) is 67.6 Å². The average Bonchev–Trinajstić information content (AvgIpc) is 3.39. The smallest absolute Gasteiger partial charge is 0.350 e. The molecule has 1 unspecified atom stereocenters. The van der Waals surface area contributed by atoms with Gasteiger partial charge in [-0.25, -0.2) is 9.78 Å². The van der Waals surface area contributed by atoms with Gasteiger partial charge in [0.15, 0.2) is 5.13 Å². The minimum absolute atomic E-state index is 0.0884. The summed E-state index contributed by atoms with van der Waals surface area (Å²) in [7, 11) is 1.25. The average molecular weight is 491 g/mol. The fourth-order valence-corrected chi connectivity index (χ4v) is 4.81. The van der Waals surface area contributed by atoms with Gasteiger partial charge in [-0.05, 0) is 24.6 Å². The van der Waals surface area contributed by atoms with Crippen LogP contribution in [0.5, 0.6) is 5.75 Å². The Morgan fingerprint density at radius 1 is 1.20 bits per heavy atom. The summed E-state index contributed by atoms with van der Waals surface area (Å²) >= 11 is 0.940. The van der Waals surface area contributed by atoms with E-state index in [0.29, 0.717) is 22.6 Å². The Kier molecular flexibility index (Phi) is 6.79. The number of ketones is 1. The molecule has 1 aliphatic rings. The van der Waals surface area contributed by atoms with Crippen molar-refractivity contribution in [3.8, 4) is 5.75 Å². The quantitative estimate of drug-likeness (QED) is 0.172. The maximum Gasteiger partial charge on any atom is 0.350 e. The minimum Gasteiger partial charge on any atom is -0.507 e. The van der Waals surface area contributed by atoms with E-state index in [1.807, 2.05) is 0 Å². The van der Waals surface area contributed by atoms with Crippen LogP contribution in [-0.4, -0.2) is 41.5 Å². The van der Waals surface area contributed by atoms with Crippen molar-refractivity contribution in [3.63, 3.8) is 0 Å². The number of carbonyl (C=O) groups is 3. The normalized spacial score (nSPS) is 16.9. The fraction of sp³-hybridized carbons (Fsp3) is 0.154. The van der Waals surface area contributed by atoms with Crippen LogP contribution in [0.1, 0.15) is 32.5 Å². The number of Topliss-reactive ketones (excluding diaryl/α,β-unsaturated/α-hetero) is 1. The number of hydrogen-bond donors (Lipinski definition) is 1. The molecule has 178 valence electrons. The van der Waals surface area contributed by atoms with Crippen molar-refractivity contribution < 1.29 is 29.0 Å². The van der Waals surface area contributed by atoms with Crippen LogP contribution in [0.15, 0.2) is 72.8 Å². The molecule has 8 nitrogen and oxygen atoms in total. The summed E-state index contributed by atoms with van der Waals surface area (Å²) in [5, 5.41) is 11.3. The second kappa shape index (κ2) is 9.94. The van der Waals surface area contributed by atoms with Gasteiger partial charge < -0.3 is 14.6 Å². The standard InChI is InChI=1S/C26H22N2O6S/c1-4-13-34-18-12-8-11-17(14-18)20-19(21(29)16-9-6-5-7-10-16)22(30)24(31)28(20)26-27-15(2)23(35-26)25(32)33-3/h4-12,14,20,29H,1,13H2,2-3H3/b21-19+. The van der Waals surface area contributed by atoms with Gasteiger partial charge >= 0.3 is 11.9 Å². The Balaban J connectivity index is 1.92. The first-order chi connectivity index (χ1) is 16.9. The summed E-state index contributed by atoms with van der Waals surface area (Å²) in [5.74, 6) is -2.13. The first-order valence-electron chi connectivity index (χ1n) is 10.6. The van der Waals surface area contributed by atoms with Crippen molar-refractivity contribution in [2.45, 2.75) is 13.0 Å². The van der Waals surface area contributed by atoms with E-state index in [0.717, 1.165) is 11.3 Å². The molecule has 4 rings (SSSR count). The number of aliphatic hydroxyl groups excluding tert-OH is 1. The lowest BCUT2D eigenvalue weighted by atomic mass is 9.95. The van der Waals surface area contributed by atoms with Crippen LogP contribution in [-0.2, 0) is 14.3 Å². The highest BCUT2D eigenvalue weighted by Crippen LogP contribution is 2.44. The van der Waals surface area contributed by atoms with Crippen LogP contribution in [0, 0.1) is 6.92 Å². The molecule has 1 atom stereocenters. The molecule has 1 N–H and O–H groups in total. The number of rotatable bonds is 7. The summed E-state index contributed by atoms with van der Waals surface area (Å²) in [6.07, 6.45) is 1.60. The van der Waals surface area contributed by atoms with Gasteiger partial charge in [0, 0.05) is 5.56 Å². The number of methoxy groups -OCH3 is 1. The van der Waals surface area contributed by atoms with E-state index in [2.05, 4.69) is 11.6 Å². The number of carbonyl (C=O) groups excluding carboxylic acids is 3. The van der Waals surface area contributed by atoms with Gasteiger partial charge in [-0.1, -0.05) is 66.5 Å². The SMILES string of the molecule is C=CCOc1cccc(C2/C(=C(\O)c3ccccc3)C(=O)C(=O)N2c2nc(C)c(C(=O)OC)s2)c1. The molecule has 0 spiro atoms. The number of aryl methyl sites for hydroxylation is 1. The second-order valence-corrected chi connectivity index (χ2v) is 8.59.